The summed E-state index contributed by atoms with van der Waals surface area (Å²) in [5, 5.41) is 9.04. The largest absolute Gasteiger partial charge is 0.486 e. The molecule has 1 amide bonds. The van der Waals surface area contributed by atoms with Gasteiger partial charge in [-0.1, -0.05) is 23.7 Å². The van der Waals surface area contributed by atoms with E-state index in [0.717, 1.165) is 11.5 Å². The first-order valence-electron chi connectivity index (χ1n) is 6.81. The van der Waals surface area contributed by atoms with Crippen LogP contribution < -0.4 is 20.5 Å². The molecule has 2 heterocycles. The maximum atomic E-state index is 11.9. The van der Waals surface area contributed by atoms with E-state index in [-0.39, 0.29) is 28.5 Å². The molecule has 1 aromatic carbocycles. The number of rotatable bonds is 4. The van der Waals surface area contributed by atoms with E-state index in [1.54, 1.807) is 0 Å². The smallest absolute Gasteiger partial charge is 0.270 e. The Kier molecular flexibility index (Phi) is 4.06. The summed E-state index contributed by atoms with van der Waals surface area (Å²) in [6.07, 6.45) is 0.499. The Morgan fingerprint density at radius 3 is 2.95 bits per heavy atom. The number of amides is 1. The number of halogens is 1. The fourth-order valence-electron chi connectivity index (χ4n) is 2.13. The number of hydrogen-bond donors (Lipinski definition) is 3. The zero-order chi connectivity index (χ0) is 15.5. The fraction of sp³-hybridized carbons (Fsp3) is 0.286. The molecule has 0 saturated carbocycles. The van der Waals surface area contributed by atoms with Crippen molar-refractivity contribution in [2.75, 3.05) is 18.9 Å². The number of benzene rings is 1. The van der Waals surface area contributed by atoms with Gasteiger partial charge in [-0.05, 0) is 12.1 Å². The van der Waals surface area contributed by atoms with Crippen LogP contribution in [-0.2, 0) is 0 Å². The number of carbonyl (C=O) groups excluding carboxylic acids is 1. The minimum atomic E-state index is -0.355. The van der Waals surface area contributed by atoms with Gasteiger partial charge < -0.3 is 20.5 Å². The molecule has 116 valence electrons. The summed E-state index contributed by atoms with van der Waals surface area (Å²) < 4.78 is 11.4. The molecule has 0 fully saturated rings. The van der Waals surface area contributed by atoms with Crippen LogP contribution in [0.25, 0.3) is 0 Å². The number of aromatic amines is 1. The number of hydrogen-bond acceptors (Lipinski definition) is 5. The molecule has 1 aromatic heterocycles. The van der Waals surface area contributed by atoms with E-state index in [9.17, 15) is 4.79 Å². The Morgan fingerprint density at radius 1 is 1.45 bits per heavy atom. The van der Waals surface area contributed by atoms with E-state index in [2.05, 4.69) is 15.5 Å². The highest BCUT2D eigenvalue weighted by Crippen LogP contribution is 2.31. The molecule has 0 radical (unpaired) electrons. The quantitative estimate of drug-likeness (QED) is 0.793. The van der Waals surface area contributed by atoms with Crippen molar-refractivity contribution < 1.29 is 14.3 Å². The van der Waals surface area contributed by atoms with Crippen molar-refractivity contribution in [3.8, 4) is 11.5 Å². The van der Waals surface area contributed by atoms with Crippen LogP contribution in [-0.4, -0.2) is 35.4 Å². The first-order valence-corrected chi connectivity index (χ1v) is 7.19. The summed E-state index contributed by atoms with van der Waals surface area (Å²) in [6, 6.07) is 7.49. The van der Waals surface area contributed by atoms with Crippen molar-refractivity contribution in [3.63, 3.8) is 0 Å². The van der Waals surface area contributed by atoms with Gasteiger partial charge in [0.15, 0.2) is 17.3 Å². The number of nitrogens with one attached hydrogen (secondary N) is 2. The molecule has 0 saturated heterocycles. The Hall–Kier alpha value is -2.41. The van der Waals surface area contributed by atoms with Crippen molar-refractivity contribution in [3.05, 3.63) is 35.0 Å². The van der Waals surface area contributed by atoms with Crippen LogP contribution in [0.15, 0.2) is 24.3 Å². The molecule has 1 atom stereocenters. The van der Waals surface area contributed by atoms with Crippen molar-refractivity contribution in [2.24, 2.45) is 0 Å². The third kappa shape index (κ3) is 2.94. The van der Waals surface area contributed by atoms with Gasteiger partial charge in [-0.2, -0.15) is 5.10 Å². The Balaban J connectivity index is 1.50. The molecule has 7 nitrogen and oxygen atoms in total. The average molecular weight is 323 g/mol. The lowest BCUT2D eigenvalue weighted by atomic mass is 10.2. The highest BCUT2D eigenvalue weighted by atomic mass is 35.5. The van der Waals surface area contributed by atoms with E-state index in [0.29, 0.717) is 19.6 Å². The molecule has 3 rings (SSSR count). The number of ether oxygens (including phenoxy) is 2. The molecule has 8 heteroatoms. The predicted molar refractivity (Wildman–Crippen MR) is 81.3 cm³/mol. The van der Waals surface area contributed by atoms with Gasteiger partial charge >= 0.3 is 0 Å². The summed E-state index contributed by atoms with van der Waals surface area (Å²) in [6.45, 7) is 0.870. The van der Waals surface area contributed by atoms with E-state index >= 15 is 0 Å². The first kappa shape index (κ1) is 14.5. The zero-order valence-corrected chi connectivity index (χ0v) is 12.4. The van der Waals surface area contributed by atoms with Crippen molar-refractivity contribution in [1.29, 1.82) is 0 Å². The molecule has 22 heavy (non-hydrogen) atoms. The minimum Gasteiger partial charge on any atom is -0.486 e. The number of aromatic nitrogens is 2. The summed E-state index contributed by atoms with van der Waals surface area (Å²) in [5.74, 6) is 1.20. The lowest BCUT2D eigenvalue weighted by molar-refractivity contribution is 0.0811. The fourth-order valence-corrected chi connectivity index (χ4v) is 2.30. The van der Waals surface area contributed by atoms with E-state index < -0.39 is 0 Å². The number of para-hydroxylation sites is 2. The molecule has 0 aliphatic carbocycles. The van der Waals surface area contributed by atoms with Gasteiger partial charge in [-0.3, -0.25) is 9.89 Å². The second-order valence-corrected chi connectivity index (χ2v) is 5.22. The molecular weight excluding hydrogens is 308 g/mol. The summed E-state index contributed by atoms with van der Waals surface area (Å²) in [5.41, 5.74) is 5.64. The Labute approximate surface area is 131 Å². The van der Waals surface area contributed by atoms with Crippen LogP contribution >= 0.6 is 11.6 Å². The first-order chi connectivity index (χ1) is 10.6. The van der Waals surface area contributed by atoms with Gasteiger partial charge in [0, 0.05) is 13.0 Å². The van der Waals surface area contributed by atoms with Crippen molar-refractivity contribution >= 4 is 23.3 Å². The normalized spacial score (nSPS) is 16.3. The Bertz CT molecular complexity index is 688. The number of nitrogens with two attached hydrogens (primary N) is 1. The topological polar surface area (TPSA) is 102 Å². The highest BCUT2D eigenvalue weighted by molar-refractivity contribution is 6.35. The molecule has 2 aromatic rings. The van der Waals surface area contributed by atoms with Crippen LogP contribution in [0, 0.1) is 0 Å². The summed E-state index contributed by atoms with van der Waals surface area (Å²) >= 11 is 5.86. The number of carbonyl (C=O) groups is 1. The van der Waals surface area contributed by atoms with Gasteiger partial charge in [0.05, 0.1) is 0 Å². The van der Waals surface area contributed by atoms with E-state index in [1.807, 2.05) is 24.3 Å². The van der Waals surface area contributed by atoms with Crippen LogP contribution in [0.3, 0.4) is 0 Å². The van der Waals surface area contributed by atoms with E-state index in [1.165, 1.54) is 0 Å². The number of nitrogens with zero attached hydrogens (tertiary/aromatic N) is 1. The second kappa shape index (κ2) is 6.15. The second-order valence-electron chi connectivity index (χ2n) is 4.84. The van der Waals surface area contributed by atoms with Crippen LogP contribution in [0.5, 0.6) is 11.5 Å². The number of nitrogen functional groups attached to an aromatic ring is 1. The summed E-state index contributed by atoms with van der Waals surface area (Å²) in [4.78, 5) is 11.9. The average Bonchev–Trinajstić information content (AvgIpc) is 2.87. The molecule has 0 bridgehead atoms. The molecular formula is C14H15ClN4O3. The van der Waals surface area contributed by atoms with Crippen LogP contribution in [0.2, 0.25) is 5.02 Å². The van der Waals surface area contributed by atoms with Crippen LogP contribution in [0.1, 0.15) is 16.9 Å². The number of fused-ring (bicyclic) bond motifs is 1. The van der Waals surface area contributed by atoms with Crippen molar-refractivity contribution in [2.45, 2.75) is 12.5 Å². The molecule has 1 aliphatic rings. The van der Waals surface area contributed by atoms with Gasteiger partial charge in [0.2, 0.25) is 0 Å². The van der Waals surface area contributed by atoms with Gasteiger partial charge in [0.1, 0.15) is 23.4 Å². The lowest BCUT2D eigenvalue weighted by Gasteiger charge is -2.26. The van der Waals surface area contributed by atoms with Crippen LogP contribution in [0.4, 0.5) is 5.82 Å². The molecule has 0 spiro atoms. The predicted octanol–water partition coefficient (Wildman–Crippen LogP) is 1.61. The lowest BCUT2D eigenvalue weighted by Crippen LogP contribution is -2.34. The maximum Gasteiger partial charge on any atom is 0.270 e. The molecule has 1 aliphatic heterocycles. The highest BCUT2D eigenvalue weighted by Gasteiger charge is 2.21. The third-order valence-electron chi connectivity index (χ3n) is 3.28. The number of H-pyrrole nitrogens is 1. The zero-order valence-electron chi connectivity index (χ0n) is 11.6. The number of anilines is 1. The van der Waals surface area contributed by atoms with E-state index in [4.69, 9.17) is 26.8 Å². The molecule has 4 N–H and O–H groups in total. The van der Waals surface area contributed by atoms with Gasteiger partial charge in [-0.25, -0.2) is 0 Å². The van der Waals surface area contributed by atoms with Gasteiger partial charge in [0.25, 0.3) is 5.91 Å². The third-order valence-corrected chi connectivity index (χ3v) is 3.66. The SMILES string of the molecule is Nc1n[nH]c(C(=O)NCC[C@H]2COc3ccccc3O2)c1Cl. The maximum absolute atomic E-state index is 11.9. The standard InChI is InChI=1S/C14H15ClN4O3/c15-11-12(18-19-13(11)16)14(20)17-6-5-8-7-21-9-3-1-2-4-10(9)22-8/h1-4,8H,5-7H2,(H,17,20)(H3,16,18,19)/t8-/m0/s1. The van der Waals surface area contributed by atoms with Gasteiger partial charge in [-0.15, -0.1) is 0 Å². The van der Waals surface area contributed by atoms with Crippen molar-refractivity contribution in [1.82, 2.24) is 15.5 Å². The summed E-state index contributed by atoms with van der Waals surface area (Å²) in [7, 11) is 0. The Morgan fingerprint density at radius 2 is 2.23 bits per heavy atom. The monoisotopic (exact) mass is 322 g/mol. The molecule has 0 unspecified atom stereocenters. The minimum absolute atomic E-state index is 0.104.